The molecule has 1 saturated heterocycles. The number of carboxylic acids is 1. The Bertz CT molecular complexity index is 1120. The lowest BCUT2D eigenvalue weighted by Crippen LogP contribution is -2.38. The maximum atomic E-state index is 12.5. The van der Waals surface area contributed by atoms with E-state index in [1.54, 1.807) is 18.2 Å². The Hall–Kier alpha value is -2.83. The molecular formula is C23H22ClNO5. The van der Waals surface area contributed by atoms with Gasteiger partial charge in [-0.1, -0.05) is 29.8 Å². The number of carboxylic acid groups (broad SMARTS) is 1. The van der Waals surface area contributed by atoms with E-state index in [-0.39, 0.29) is 11.3 Å². The zero-order valence-corrected chi connectivity index (χ0v) is 17.1. The van der Waals surface area contributed by atoms with Gasteiger partial charge in [-0.2, -0.15) is 0 Å². The van der Waals surface area contributed by atoms with Crippen LogP contribution in [-0.4, -0.2) is 42.2 Å². The lowest BCUT2D eigenvalue weighted by molar-refractivity contribution is -0.143. The number of hydrogen-bond donors (Lipinski definition) is 1. The average Bonchev–Trinajstić information content (AvgIpc) is 2.75. The highest BCUT2D eigenvalue weighted by Crippen LogP contribution is 2.32. The summed E-state index contributed by atoms with van der Waals surface area (Å²) in [6, 6.07) is 13.9. The monoisotopic (exact) mass is 427 g/mol. The van der Waals surface area contributed by atoms with Crippen LogP contribution in [0.1, 0.15) is 12.8 Å². The van der Waals surface area contributed by atoms with Crippen molar-refractivity contribution in [2.45, 2.75) is 12.8 Å². The maximum Gasteiger partial charge on any atom is 0.306 e. The minimum atomic E-state index is -0.711. The van der Waals surface area contributed by atoms with Crippen molar-refractivity contribution in [2.24, 2.45) is 5.92 Å². The third-order valence-electron chi connectivity index (χ3n) is 5.46. The molecule has 0 radical (unpaired) electrons. The van der Waals surface area contributed by atoms with Crippen molar-refractivity contribution >= 4 is 28.5 Å². The number of rotatable bonds is 6. The second kappa shape index (κ2) is 8.90. The first kappa shape index (κ1) is 20.4. The predicted octanol–water partition coefficient (Wildman–Crippen LogP) is 4.29. The van der Waals surface area contributed by atoms with Crippen LogP contribution in [0, 0.1) is 5.92 Å². The van der Waals surface area contributed by atoms with Gasteiger partial charge in [-0.15, -0.1) is 0 Å². The van der Waals surface area contributed by atoms with Crippen molar-refractivity contribution in [3.8, 4) is 17.1 Å². The Labute approximate surface area is 178 Å². The molecule has 0 amide bonds. The zero-order chi connectivity index (χ0) is 21.1. The molecular weight excluding hydrogens is 406 g/mol. The van der Waals surface area contributed by atoms with Crippen LogP contribution in [0.3, 0.4) is 0 Å². The number of ether oxygens (including phenoxy) is 1. The fourth-order valence-electron chi connectivity index (χ4n) is 3.76. The number of carbonyl (C=O) groups is 1. The molecule has 6 nitrogen and oxygen atoms in total. The van der Waals surface area contributed by atoms with Crippen molar-refractivity contribution in [1.82, 2.24) is 4.90 Å². The fraction of sp³-hybridized carbons (Fsp3) is 0.304. The van der Waals surface area contributed by atoms with E-state index in [2.05, 4.69) is 4.90 Å². The number of para-hydroxylation sites is 2. The molecule has 0 bridgehead atoms. The lowest BCUT2D eigenvalue weighted by atomic mass is 9.97. The second-order valence-electron chi connectivity index (χ2n) is 7.39. The van der Waals surface area contributed by atoms with Crippen molar-refractivity contribution in [2.75, 3.05) is 26.2 Å². The molecule has 3 aromatic rings. The number of benzene rings is 2. The minimum absolute atomic E-state index is 0.162. The Morgan fingerprint density at radius 1 is 1.17 bits per heavy atom. The molecule has 0 unspecified atom stereocenters. The molecule has 2 aromatic carbocycles. The fourth-order valence-corrected chi connectivity index (χ4v) is 3.97. The average molecular weight is 428 g/mol. The highest BCUT2D eigenvalue weighted by atomic mass is 35.5. The molecule has 1 aromatic heterocycles. The number of piperidine rings is 1. The van der Waals surface area contributed by atoms with Crippen LogP contribution in [0.15, 0.2) is 57.7 Å². The highest BCUT2D eigenvalue weighted by molar-refractivity contribution is 6.34. The summed E-state index contributed by atoms with van der Waals surface area (Å²) in [5, 5.41) is 9.93. The van der Waals surface area contributed by atoms with Gasteiger partial charge in [-0.05, 0) is 50.2 Å². The van der Waals surface area contributed by atoms with Gasteiger partial charge in [-0.25, -0.2) is 0 Å². The summed E-state index contributed by atoms with van der Waals surface area (Å²) in [6.45, 7) is 2.65. The van der Waals surface area contributed by atoms with E-state index in [0.717, 1.165) is 13.1 Å². The maximum absolute atomic E-state index is 12.5. The van der Waals surface area contributed by atoms with Crippen LogP contribution in [0.2, 0.25) is 5.02 Å². The summed E-state index contributed by atoms with van der Waals surface area (Å²) >= 11 is 6.22. The molecule has 0 saturated carbocycles. The summed E-state index contributed by atoms with van der Waals surface area (Å²) in [7, 11) is 0. The third kappa shape index (κ3) is 4.35. The Kier molecular flexibility index (Phi) is 6.06. The van der Waals surface area contributed by atoms with Crippen molar-refractivity contribution in [1.29, 1.82) is 0 Å². The quantitative estimate of drug-likeness (QED) is 0.632. The molecule has 0 spiro atoms. The third-order valence-corrected chi connectivity index (χ3v) is 5.76. The molecule has 1 aliphatic heterocycles. The smallest absolute Gasteiger partial charge is 0.306 e. The number of aliphatic carboxylic acids is 1. The van der Waals surface area contributed by atoms with E-state index in [1.165, 1.54) is 6.07 Å². The Morgan fingerprint density at radius 2 is 1.93 bits per heavy atom. The van der Waals surface area contributed by atoms with Gasteiger partial charge < -0.3 is 14.3 Å². The summed E-state index contributed by atoms with van der Waals surface area (Å²) in [5.41, 5.74) is 0.878. The van der Waals surface area contributed by atoms with Gasteiger partial charge in [0.25, 0.3) is 0 Å². The molecule has 0 atom stereocenters. The summed E-state index contributed by atoms with van der Waals surface area (Å²) in [4.78, 5) is 25.8. The van der Waals surface area contributed by atoms with Crippen LogP contribution in [0.25, 0.3) is 22.3 Å². The first-order valence-corrected chi connectivity index (χ1v) is 10.3. The molecule has 2 heterocycles. The van der Waals surface area contributed by atoms with Gasteiger partial charge >= 0.3 is 5.97 Å². The standard InChI is InChI=1S/C23H22ClNO5/c24-18-6-3-5-16-19(26)14-21(30-22(16)18)17-4-1-2-7-20(17)29-13-12-25-10-8-15(9-11-25)23(27)28/h1-7,14-15H,8-13H2,(H,27,28). The van der Waals surface area contributed by atoms with Crippen molar-refractivity contribution in [3.63, 3.8) is 0 Å². The Morgan fingerprint density at radius 3 is 2.70 bits per heavy atom. The normalized spacial score (nSPS) is 15.4. The van der Waals surface area contributed by atoms with Gasteiger partial charge in [0.15, 0.2) is 11.0 Å². The largest absolute Gasteiger partial charge is 0.491 e. The molecule has 1 fully saturated rings. The molecule has 7 heteroatoms. The summed E-state index contributed by atoms with van der Waals surface area (Å²) in [5.74, 6) is 0.0632. The number of fused-ring (bicyclic) bond motifs is 1. The van der Waals surface area contributed by atoms with Gasteiger partial charge in [0.2, 0.25) is 0 Å². The van der Waals surface area contributed by atoms with Crippen LogP contribution in [0.5, 0.6) is 5.75 Å². The molecule has 4 rings (SSSR count). The van der Waals surface area contributed by atoms with Crippen LogP contribution < -0.4 is 10.2 Å². The first-order chi connectivity index (χ1) is 14.5. The van der Waals surface area contributed by atoms with Crippen LogP contribution >= 0.6 is 11.6 Å². The molecule has 156 valence electrons. The first-order valence-electron chi connectivity index (χ1n) is 9.92. The predicted molar refractivity (Wildman–Crippen MR) is 115 cm³/mol. The zero-order valence-electron chi connectivity index (χ0n) is 16.3. The van der Waals surface area contributed by atoms with E-state index in [1.807, 2.05) is 24.3 Å². The SMILES string of the molecule is O=C(O)C1CCN(CCOc2ccccc2-c2cc(=O)c3cccc(Cl)c3o2)CC1. The van der Waals surface area contributed by atoms with Crippen molar-refractivity contribution in [3.05, 3.63) is 63.8 Å². The van der Waals surface area contributed by atoms with E-state index in [9.17, 15) is 9.59 Å². The van der Waals surface area contributed by atoms with Crippen molar-refractivity contribution < 1.29 is 19.1 Å². The minimum Gasteiger partial charge on any atom is -0.491 e. The van der Waals surface area contributed by atoms with E-state index in [4.69, 9.17) is 25.9 Å². The number of nitrogens with zero attached hydrogens (tertiary/aromatic N) is 1. The Balaban J connectivity index is 1.49. The van der Waals surface area contributed by atoms with E-state index in [0.29, 0.717) is 59.1 Å². The van der Waals surface area contributed by atoms with Crippen LogP contribution in [0.4, 0.5) is 0 Å². The van der Waals surface area contributed by atoms with Gasteiger partial charge in [0.1, 0.15) is 18.1 Å². The number of likely N-dealkylation sites (tertiary alicyclic amines) is 1. The highest BCUT2D eigenvalue weighted by Gasteiger charge is 2.24. The molecule has 30 heavy (non-hydrogen) atoms. The van der Waals surface area contributed by atoms with Gasteiger partial charge in [0, 0.05) is 12.6 Å². The molecule has 1 aliphatic rings. The van der Waals surface area contributed by atoms with Gasteiger partial charge in [-0.3, -0.25) is 14.5 Å². The van der Waals surface area contributed by atoms with Gasteiger partial charge in [0.05, 0.1) is 21.9 Å². The molecule has 0 aliphatic carbocycles. The topological polar surface area (TPSA) is 80.0 Å². The lowest BCUT2D eigenvalue weighted by Gasteiger charge is -2.29. The number of halogens is 1. The van der Waals surface area contributed by atoms with E-state index < -0.39 is 5.97 Å². The van der Waals surface area contributed by atoms with Crippen LogP contribution in [-0.2, 0) is 4.79 Å². The van der Waals surface area contributed by atoms with E-state index >= 15 is 0 Å². The summed E-state index contributed by atoms with van der Waals surface area (Å²) < 4.78 is 12.0. The number of hydrogen-bond acceptors (Lipinski definition) is 5. The molecule has 1 N–H and O–H groups in total. The second-order valence-corrected chi connectivity index (χ2v) is 7.80. The summed E-state index contributed by atoms with van der Waals surface area (Å²) in [6.07, 6.45) is 1.32.